The third-order valence-corrected chi connectivity index (χ3v) is 6.05. The van der Waals surface area contributed by atoms with Crippen LogP contribution >= 0.6 is 0 Å². The predicted octanol–water partition coefficient (Wildman–Crippen LogP) is 1.73. The highest BCUT2D eigenvalue weighted by molar-refractivity contribution is 7.89. The molecule has 1 aliphatic rings. The second-order valence-corrected chi connectivity index (χ2v) is 7.72. The molecule has 1 aliphatic heterocycles. The molecule has 0 N–H and O–H groups in total. The van der Waals surface area contributed by atoms with Crippen LogP contribution in [0.1, 0.15) is 12.8 Å². The van der Waals surface area contributed by atoms with Gasteiger partial charge < -0.3 is 14.2 Å². The molecule has 9 heteroatoms. The predicted molar refractivity (Wildman–Crippen MR) is 94.0 cm³/mol. The molecular weight excluding hydrogens is 358 g/mol. The summed E-state index contributed by atoms with van der Waals surface area (Å²) >= 11 is 0. The van der Waals surface area contributed by atoms with Gasteiger partial charge in [0.25, 0.3) is 0 Å². The van der Waals surface area contributed by atoms with E-state index in [0.29, 0.717) is 37.6 Å². The Balaban J connectivity index is 1.63. The fourth-order valence-electron chi connectivity index (χ4n) is 2.76. The van der Waals surface area contributed by atoms with Crippen LogP contribution in [0, 0.1) is 0 Å². The first kappa shape index (κ1) is 18.4. The Kier molecular flexibility index (Phi) is 5.58. The first-order valence-electron chi connectivity index (χ1n) is 8.21. The third kappa shape index (κ3) is 4.05. The minimum Gasteiger partial charge on any atom is -0.497 e. The number of methoxy groups -OCH3 is 2. The zero-order valence-electron chi connectivity index (χ0n) is 14.7. The molecule has 1 fully saturated rings. The molecule has 1 saturated heterocycles. The molecule has 0 unspecified atom stereocenters. The molecule has 0 saturated carbocycles. The van der Waals surface area contributed by atoms with Crippen LogP contribution in [0.15, 0.2) is 41.4 Å². The number of hydrogen-bond acceptors (Lipinski definition) is 7. The van der Waals surface area contributed by atoms with E-state index in [1.165, 1.54) is 24.6 Å². The quantitative estimate of drug-likeness (QED) is 0.755. The van der Waals surface area contributed by atoms with Crippen LogP contribution in [0.3, 0.4) is 0 Å². The van der Waals surface area contributed by atoms with Crippen molar-refractivity contribution >= 4 is 10.0 Å². The summed E-state index contributed by atoms with van der Waals surface area (Å²) in [6.45, 7) is 0.763. The molecule has 140 valence electrons. The molecule has 2 aromatic rings. The summed E-state index contributed by atoms with van der Waals surface area (Å²) < 4.78 is 43.0. The molecule has 0 atom stereocenters. The fourth-order valence-corrected chi connectivity index (χ4v) is 4.27. The van der Waals surface area contributed by atoms with Gasteiger partial charge in [-0.1, -0.05) is 6.07 Å². The first-order chi connectivity index (χ1) is 12.5. The van der Waals surface area contributed by atoms with E-state index in [1.54, 1.807) is 30.5 Å². The highest BCUT2D eigenvalue weighted by atomic mass is 32.2. The molecule has 26 heavy (non-hydrogen) atoms. The molecule has 0 amide bonds. The van der Waals surface area contributed by atoms with Crippen LogP contribution in [0.5, 0.6) is 17.6 Å². The fraction of sp³-hybridized carbons (Fsp3) is 0.412. The molecular formula is C17H21N3O5S. The summed E-state index contributed by atoms with van der Waals surface area (Å²) in [5.41, 5.74) is 0. The van der Waals surface area contributed by atoms with Crippen molar-refractivity contribution in [3.8, 4) is 17.6 Å². The van der Waals surface area contributed by atoms with Crippen molar-refractivity contribution in [2.45, 2.75) is 23.8 Å². The highest BCUT2D eigenvalue weighted by Gasteiger charge is 2.30. The summed E-state index contributed by atoms with van der Waals surface area (Å²) in [5.74, 6) is 0.938. The lowest BCUT2D eigenvalue weighted by Gasteiger charge is -2.31. The summed E-state index contributed by atoms with van der Waals surface area (Å²) in [7, 11) is -0.552. The Morgan fingerprint density at radius 1 is 1.12 bits per heavy atom. The maximum atomic E-state index is 12.8. The topological polar surface area (TPSA) is 90.9 Å². The highest BCUT2D eigenvalue weighted by Crippen LogP contribution is 2.25. The van der Waals surface area contributed by atoms with Gasteiger partial charge >= 0.3 is 6.01 Å². The van der Waals surface area contributed by atoms with Gasteiger partial charge in [-0.25, -0.2) is 13.4 Å². The normalized spacial score (nSPS) is 16.2. The zero-order chi connectivity index (χ0) is 18.6. The average molecular weight is 379 g/mol. The van der Waals surface area contributed by atoms with Crippen molar-refractivity contribution in [1.29, 1.82) is 0 Å². The average Bonchev–Trinajstić information content (AvgIpc) is 2.68. The van der Waals surface area contributed by atoms with Gasteiger partial charge in [-0.2, -0.15) is 9.29 Å². The first-order valence-corrected chi connectivity index (χ1v) is 9.65. The Hall–Kier alpha value is -2.39. The number of aromatic nitrogens is 2. The Morgan fingerprint density at radius 2 is 1.88 bits per heavy atom. The number of sulfonamides is 1. The number of piperidine rings is 1. The summed E-state index contributed by atoms with van der Waals surface area (Å²) in [5, 5.41) is 0. The largest absolute Gasteiger partial charge is 0.497 e. The van der Waals surface area contributed by atoms with Gasteiger partial charge in [0.05, 0.1) is 19.1 Å². The van der Waals surface area contributed by atoms with Crippen LogP contribution in [0.25, 0.3) is 0 Å². The van der Waals surface area contributed by atoms with E-state index in [4.69, 9.17) is 14.2 Å². The van der Waals surface area contributed by atoms with Gasteiger partial charge in [-0.3, -0.25) is 0 Å². The monoisotopic (exact) mass is 379 g/mol. The van der Waals surface area contributed by atoms with E-state index in [-0.39, 0.29) is 17.0 Å². The van der Waals surface area contributed by atoms with Crippen LogP contribution < -0.4 is 14.2 Å². The second kappa shape index (κ2) is 7.88. The molecule has 1 aromatic carbocycles. The summed E-state index contributed by atoms with van der Waals surface area (Å²) in [6, 6.07) is 8.39. The van der Waals surface area contributed by atoms with Crippen LogP contribution in [-0.4, -0.2) is 56.1 Å². The molecule has 0 aliphatic carbocycles. The molecule has 3 rings (SSSR count). The van der Waals surface area contributed by atoms with Gasteiger partial charge in [-0.15, -0.1) is 0 Å². The van der Waals surface area contributed by atoms with E-state index in [1.807, 2.05) is 0 Å². The summed E-state index contributed by atoms with van der Waals surface area (Å²) in [4.78, 5) is 8.28. The minimum atomic E-state index is -3.55. The molecule has 2 heterocycles. The van der Waals surface area contributed by atoms with Gasteiger partial charge in [0, 0.05) is 31.4 Å². The summed E-state index contributed by atoms with van der Waals surface area (Å²) in [6.07, 6.45) is 2.61. The van der Waals surface area contributed by atoms with Crippen molar-refractivity contribution in [2.75, 3.05) is 27.3 Å². The van der Waals surface area contributed by atoms with Crippen LogP contribution in [0.2, 0.25) is 0 Å². The van der Waals surface area contributed by atoms with E-state index in [0.717, 1.165) is 0 Å². The number of ether oxygens (including phenoxy) is 3. The van der Waals surface area contributed by atoms with Crippen molar-refractivity contribution < 1.29 is 22.6 Å². The Labute approximate surface area is 152 Å². The zero-order valence-corrected chi connectivity index (χ0v) is 15.5. The lowest BCUT2D eigenvalue weighted by molar-refractivity contribution is 0.128. The van der Waals surface area contributed by atoms with Crippen molar-refractivity contribution in [3.63, 3.8) is 0 Å². The maximum Gasteiger partial charge on any atom is 0.319 e. The second-order valence-electron chi connectivity index (χ2n) is 5.78. The van der Waals surface area contributed by atoms with Gasteiger partial charge in [-0.05, 0) is 25.0 Å². The van der Waals surface area contributed by atoms with Gasteiger partial charge in [0.15, 0.2) is 0 Å². The number of hydrogen-bond donors (Lipinski definition) is 0. The Bertz CT molecular complexity index is 851. The lowest BCUT2D eigenvalue weighted by atomic mass is 10.1. The number of nitrogens with zero attached hydrogens (tertiary/aromatic N) is 3. The van der Waals surface area contributed by atoms with Crippen LogP contribution in [-0.2, 0) is 10.0 Å². The van der Waals surface area contributed by atoms with Crippen LogP contribution in [0.4, 0.5) is 0 Å². The lowest BCUT2D eigenvalue weighted by Crippen LogP contribution is -2.41. The molecule has 0 radical (unpaired) electrons. The minimum absolute atomic E-state index is 0.105. The van der Waals surface area contributed by atoms with Crippen molar-refractivity contribution in [2.24, 2.45) is 0 Å². The number of rotatable bonds is 6. The SMILES string of the molecule is COc1cccc(S(=O)(=O)N2CCC(Oc3ccnc(OC)n3)CC2)c1. The standard InChI is InChI=1S/C17H21N3O5S/c1-23-14-4-3-5-15(12-14)26(21,22)20-10-7-13(8-11-20)25-16-6-9-18-17(19-16)24-2/h3-6,9,12-13H,7-8,10-11H2,1-2H3. The maximum absolute atomic E-state index is 12.8. The third-order valence-electron chi connectivity index (χ3n) is 4.16. The van der Waals surface area contributed by atoms with Crippen molar-refractivity contribution in [1.82, 2.24) is 14.3 Å². The van der Waals surface area contributed by atoms with E-state index in [9.17, 15) is 8.42 Å². The van der Waals surface area contributed by atoms with Gasteiger partial charge in [0.1, 0.15) is 11.9 Å². The van der Waals surface area contributed by atoms with E-state index >= 15 is 0 Å². The molecule has 8 nitrogen and oxygen atoms in total. The Morgan fingerprint density at radius 3 is 2.58 bits per heavy atom. The molecule has 0 bridgehead atoms. The van der Waals surface area contributed by atoms with E-state index < -0.39 is 10.0 Å². The van der Waals surface area contributed by atoms with E-state index in [2.05, 4.69) is 9.97 Å². The molecule has 1 aromatic heterocycles. The smallest absolute Gasteiger partial charge is 0.319 e. The number of benzene rings is 1. The molecule has 0 spiro atoms. The van der Waals surface area contributed by atoms with Gasteiger partial charge in [0.2, 0.25) is 15.9 Å². The van der Waals surface area contributed by atoms with Crippen molar-refractivity contribution in [3.05, 3.63) is 36.5 Å².